The van der Waals surface area contributed by atoms with Crippen LogP contribution in [0.5, 0.6) is 5.75 Å². The van der Waals surface area contributed by atoms with Crippen LogP contribution in [0.25, 0.3) is 5.69 Å². The number of methoxy groups -OCH3 is 1. The predicted octanol–water partition coefficient (Wildman–Crippen LogP) is 1.31. The summed E-state index contributed by atoms with van der Waals surface area (Å²) in [5, 5.41) is 18.3. The van der Waals surface area contributed by atoms with E-state index in [1.165, 1.54) is 30.0 Å². The lowest BCUT2D eigenvalue weighted by Crippen LogP contribution is -2.03. The van der Waals surface area contributed by atoms with Gasteiger partial charge >= 0.3 is 0 Å². The van der Waals surface area contributed by atoms with E-state index >= 15 is 0 Å². The molecule has 2 aromatic rings. The molecule has 98 valence electrons. The second kappa shape index (κ2) is 4.84. The van der Waals surface area contributed by atoms with E-state index in [2.05, 4.69) is 10.3 Å². The maximum Gasteiger partial charge on any atom is 0.271 e. The van der Waals surface area contributed by atoms with Gasteiger partial charge in [-0.1, -0.05) is 5.21 Å². The standard InChI is InChI=1S/C11H10N4O4/c1-7-9(6-16)12-13-14(7)10-5-8(15(17)18)3-4-11(10)19-2/h3-6H,1-2H3. The van der Waals surface area contributed by atoms with Crippen LogP contribution in [0.4, 0.5) is 5.69 Å². The molecular formula is C11H10N4O4. The Bertz CT molecular complexity index is 650. The maximum absolute atomic E-state index is 10.8. The molecule has 0 N–H and O–H groups in total. The van der Waals surface area contributed by atoms with Crippen LogP contribution in [-0.4, -0.2) is 33.3 Å². The first-order chi connectivity index (χ1) is 9.08. The topological polar surface area (TPSA) is 100 Å². The van der Waals surface area contributed by atoms with Gasteiger partial charge in [0.05, 0.1) is 17.7 Å². The number of nitrogens with zero attached hydrogens (tertiary/aromatic N) is 4. The molecule has 0 saturated carbocycles. The summed E-state index contributed by atoms with van der Waals surface area (Å²) >= 11 is 0. The van der Waals surface area contributed by atoms with E-state index < -0.39 is 4.92 Å². The molecule has 0 unspecified atom stereocenters. The highest BCUT2D eigenvalue weighted by atomic mass is 16.6. The fourth-order valence-corrected chi connectivity index (χ4v) is 1.64. The summed E-state index contributed by atoms with van der Waals surface area (Å²) in [4.78, 5) is 21.0. The summed E-state index contributed by atoms with van der Waals surface area (Å²) in [6, 6.07) is 4.11. The molecule has 0 spiro atoms. The first-order valence-electron chi connectivity index (χ1n) is 5.28. The lowest BCUT2D eigenvalue weighted by molar-refractivity contribution is -0.384. The normalized spacial score (nSPS) is 10.2. The summed E-state index contributed by atoms with van der Waals surface area (Å²) in [7, 11) is 1.44. The molecule has 0 aliphatic heterocycles. The number of nitro benzene ring substituents is 1. The fourth-order valence-electron chi connectivity index (χ4n) is 1.64. The zero-order valence-corrected chi connectivity index (χ0v) is 10.2. The minimum Gasteiger partial charge on any atom is -0.494 e. The van der Waals surface area contributed by atoms with Crippen LogP contribution in [0.2, 0.25) is 0 Å². The average molecular weight is 262 g/mol. The van der Waals surface area contributed by atoms with Crippen molar-refractivity contribution in [1.29, 1.82) is 0 Å². The highest BCUT2D eigenvalue weighted by Crippen LogP contribution is 2.28. The van der Waals surface area contributed by atoms with Crippen molar-refractivity contribution in [2.75, 3.05) is 7.11 Å². The second-order valence-corrected chi connectivity index (χ2v) is 3.70. The van der Waals surface area contributed by atoms with Crippen LogP contribution >= 0.6 is 0 Å². The van der Waals surface area contributed by atoms with Gasteiger partial charge < -0.3 is 4.74 Å². The number of hydrogen-bond acceptors (Lipinski definition) is 6. The third-order valence-electron chi connectivity index (χ3n) is 2.64. The largest absolute Gasteiger partial charge is 0.494 e. The van der Waals surface area contributed by atoms with Crippen molar-refractivity contribution >= 4 is 12.0 Å². The molecule has 2 rings (SSSR count). The molecule has 0 radical (unpaired) electrons. The maximum atomic E-state index is 10.8. The Balaban J connectivity index is 2.64. The molecule has 19 heavy (non-hydrogen) atoms. The number of hydrogen-bond donors (Lipinski definition) is 0. The molecular weight excluding hydrogens is 252 g/mol. The summed E-state index contributed by atoms with van der Waals surface area (Å²) < 4.78 is 6.46. The van der Waals surface area contributed by atoms with Gasteiger partial charge in [0.1, 0.15) is 17.1 Å². The Morgan fingerprint density at radius 1 is 1.47 bits per heavy atom. The van der Waals surface area contributed by atoms with Gasteiger partial charge in [0.25, 0.3) is 5.69 Å². The minimum atomic E-state index is -0.518. The number of nitro groups is 1. The molecule has 1 aromatic heterocycles. The number of carbonyl (C=O) groups excluding carboxylic acids is 1. The zero-order valence-electron chi connectivity index (χ0n) is 10.2. The van der Waals surface area contributed by atoms with Gasteiger partial charge in [-0.3, -0.25) is 14.9 Å². The molecule has 0 saturated heterocycles. The first kappa shape index (κ1) is 12.7. The number of aldehydes is 1. The van der Waals surface area contributed by atoms with Crippen molar-refractivity contribution in [3.05, 3.63) is 39.7 Å². The molecule has 0 amide bonds. The fraction of sp³-hybridized carbons (Fsp3) is 0.182. The van der Waals surface area contributed by atoms with Crippen molar-refractivity contribution in [3.8, 4) is 11.4 Å². The van der Waals surface area contributed by atoms with Gasteiger partial charge in [0.15, 0.2) is 6.29 Å². The SMILES string of the molecule is COc1ccc([N+](=O)[O-])cc1-n1nnc(C=O)c1C. The van der Waals surface area contributed by atoms with Crippen LogP contribution in [0.3, 0.4) is 0 Å². The quantitative estimate of drug-likeness (QED) is 0.467. The number of aromatic nitrogens is 3. The molecule has 8 nitrogen and oxygen atoms in total. The average Bonchev–Trinajstić information content (AvgIpc) is 2.78. The van der Waals surface area contributed by atoms with E-state index in [0.29, 0.717) is 23.4 Å². The number of ether oxygens (including phenoxy) is 1. The van der Waals surface area contributed by atoms with Crippen molar-refractivity contribution in [2.24, 2.45) is 0 Å². The van der Waals surface area contributed by atoms with Crippen LogP contribution in [0.1, 0.15) is 16.2 Å². The van der Waals surface area contributed by atoms with Crippen molar-refractivity contribution in [3.63, 3.8) is 0 Å². The van der Waals surface area contributed by atoms with Gasteiger partial charge in [-0.15, -0.1) is 5.10 Å². The number of non-ortho nitro benzene ring substituents is 1. The molecule has 1 heterocycles. The second-order valence-electron chi connectivity index (χ2n) is 3.70. The Labute approximate surface area is 107 Å². The predicted molar refractivity (Wildman–Crippen MR) is 64.7 cm³/mol. The number of carbonyl (C=O) groups is 1. The zero-order chi connectivity index (χ0) is 14.0. The third kappa shape index (κ3) is 2.15. The Kier molecular flexibility index (Phi) is 3.23. The van der Waals surface area contributed by atoms with Crippen LogP contribution < -0.4 is 4.74 Å². The van der Waals surface area contributed by atoms with Crippen LogP contribution in [-0.2, 0) is 0 Å². The smallest absolute Gasteiger partial charge is 0.271 e. The summed E-state index contributed by atoms with van der Waals surface area (Å²) in [5.74, 6) is 0.399. The highest BCUT2D eigenvalue weighted by Gasteiger charge is 2.17. The first-order valence-corrected chi connectivity index (χ1v) is 5.28. The number of rotatable bonds is 4. The lowest BCUT2D eigenvalue weighted by atomic mass is 10.2. The Hall–Kier alpha value is -2.77. The number of benzene rings is 1. The van der Waals surface area contributed by atoms with Gasteiger partial charge in [-0.25, -0.2) is 4.68 Å². The molecule has 0 bridgehead atoms. The van der Waals surface area contributed by atoms with Gasteiger partial charge in [0.2, 0.25) is 0 Å². The highest BCUT2D eigenvalue weighted by molar-refractivity contribution is 5.73. The van der Waals surface area contributed by atoms with Crippen molar-refractivity contribution in [2.45, 2.75) is 6.92 Å². The van der Waals surface area contributed by atoms with E-state index in [0.717, 1.165) is 0 Å². The van der Waals surface area contributed by atoms with E-state index in [4.69, 9.17) is 4.74 Å². The van der Waals surface area contributed by atoms with E-state index in [1.54, 1.807) is 6.92 Å². The summed E-state index contributed by atoms with van der Waals surface area (Å²) in [5.41, 5.74) is 0.913. The van der Waals surface area contributed by atoms with Gasteiger partial charge in [-0.05, 0) is 13.0 Å². The molecule has 8 heteroatoms. The van der Waals surface area contributed by atoms with Crippen molar-refractivity contribution in [1.82, 2.24) is 15.0 Å². The Morgan fingerprint density at radius 3 is 2.74 bits per heavy atom. The third-order valence-corrected chi connectivity index (χ3v) is 2.64. The molecule has 1 aromatic carbocycles. The molecule has 0 atom stereocenters. The summed E-state index contributed by atoms with van der Waals surface area (Å²) in [6.07, 6.45) is 0.572. The van der Waals surface area contributed by atoms with Crippen LogP contribution in [0, 0.1) is 17.0 Å². The monoisotopic (exact) mass is 262 g/mol. The van der Waals surface area contributed by atoms with Gasteiger partial charge in [-0.2, -0.15) is 0 Å². The van der Waals surface area contributed by atoms with E-state index in [9.17, 15) is 14.9 Å². The van der Waals surface area contributed by atoms with Crippen molar-refractivity contribution < 1.29 is 14.5 Å². The lowest BCUT2D eigenvalue weighted by Gasteiger charge is -2.08. The Morgan fingerprint density at radius 2 is 2.21 bits per heavy atom. The van der Waals surface area contributed by atoms with Crippen LogP contribution in [0.15, 0.2) is 18.2 Å². The molecule has 0 aliphatic carbocycles. The van der Waals surface area contributed by atoms with E-state index in [1.807, 2.05) is 0 Å². The minimum absolute atomic E-state index is 0.0987. The van der Waals surface area contributed by atoms with E-state index in [-0.39, 0.29) is 11.4 Å². The summed E-state index contributed by atoms with van der Waals surface area (Å²) in [6.45, 7) is 1.64. The molecule has 0 aliphatic rings. The molecule has 0 fully saturated rings. The van der Waals surface area contributed by atoms with Gasteiger partial charge in [0, 0.05) is 12.1 Å².